The Morgan fingerprint density at radius 2 is 2.08 bits per heavy atom. The number of anilines is 3. The van der Waals surface area contributed by atoms with Crippen LogP contribution in [0, 0.1) is 11.8 Å². The summed E-state index contributed by atoms with van der Waals surface area (Å²) in [5.74, 6) is -0.300. The lowest BCUT2D eigenvalue weighted by molar-refractivity contribution is -0.117. The number of nitrogens with zero attached hydrogens (tertiary/aromatic N) is 5. The number of carbonyl (C=O) groups excluding carboxylic acids is 2. The Morgan fingerprint density at radius 1 is 1.28 bits per heavy atom. The molecular formula is C24H27F3N8O3S. The van der Waals surface area contributed by atoms with Crippen LogP contribution in [0.4, 0.5) is 29.9 Å². The van der Waals surface area contributed by atoms with Crippen molar-refractivity contribution in [1.29, 1.82) is 0 Å². The molecule has 2 unspecified atom stereocenters. The average Bonchev–Trinajstić information content (AvgIpc) is 3.73. The molecular weight excluding hydrogens is 537 g/mol. The van der Waals surface area contributed by atoms with Gasteiger partial charge in [-0.3, -0.25) is 14.2 Å². The second kappa shape index (κ2) is 10.2. The third kappa shape index (κ3) is 5.44. The summed E-state index contributed by atoms with van der Waals surface area (Å²) in [6, 6.07) is 1.22. The molecule has 11 nitrogen and oxygen atoms in total. The first-order chi connectivity index (χ1) is 18.8. The number of hydrogen-bond acceptors (Lipinski definition) is 8. The quantitative estimate of drug-likeness (QED) is 0.343. The zero-order chi connectivity index (χ0) is 27.3. The van der Waals surface area contributed by atoms with Gasteiger partial charge in [-0.25, -0.2) is 9.07 Å². The van der Waals surface area contributed by atoms with Gasteiger partial charge < -0.3 is 20.7 Å². The number of hydrogen-bond donors (Lipinski definition) is 3. The lowest BCUT2D eigenvalue weighted by atomic mass is 9.91. The van der Waals surface area contributed by atoms with E-state index in [-0.39, 0.29) is 24.2 Å². The highest BCUT2D eigenvalue weighted by Gasteiger charge is 2.44. The van der Waals surface area contributed by atoms with Crippen LogP contribution < -0.4 is 20.7 Å². The molecule has 6 rings (SSSR count). The number of halogens is 3. The van der Waals surface area contributed by atoms with Gasteiger partial charge in [0.25, 0.3) is 5.91 Å². The summed E-state index contributed by atoms with van der Waals surface area (Å²) in [5.41, 5.74) is 1.29. The van der Waals surface area contributed by atoms with Gasteiger partial charge in [0, 0.05) is 30.6 Å². The number of alkyl halides is 3. The summed E-state index contributed by atoms with van der Waals surface area (Å²) in [4.78, 5) is 26.9. The highest BCUT2D eigenvalue weighted by Crippen LogP contribution is 2.43. The zero-order valence-corrected chi connectivity index (χ0v) is 21.8. The molecule has 0 aliphatic heterocycles. The van der Waals surface area contributed by atoms with E-state index in [1.807, 2.05) is 4.57 Å². The van der Waals surface area contributed by atoms with E-state index in [4.69, 9.17) is 0 Å². The highest BCUT2D eigenvalue weighted by atomic mass is 32.1. The molecule has 3 atom stereocenters. The predicted molar refractivity (Wildman–Crippen MR) is 135 cm³/mol. The van der Waals surface area contributed by atoms with Crippen LogP contribution in [0.25, 0.3) is 0 Å². The Kier molecular flexibility index (Phi) is 6.69. The molecule has 0 aromatic carbocycles. The van der Waals surface area contributed by atoms with Gasteiger partial charge in [0.1, 0.15) is 23.3 Å². The van der Waals surface area contributed by atoms with E-state index in [9.17, 15) is 22.8 Å². The minimum atomic E-state index is -2.99. The van der Waals surface area contributed by atoms with Crippen LogP contribution in [0.3, 0.4) is 0 Å². The molecule has 0 spiro atoms. The summed E-state index contributed by atoms with van der Waals surface area (Å²) in [6.07, 6.45) is 4.69. The van der Waals surface area contributed by atoms with Gasteiger partial charge in [-0.2, -0.15) is 8.78 Å². The van der Waals surface area contributed by atoms with E-state index < -0.39 is 24.6 Å². The molecule has 3 aromatic rings. The van der Waals surface area contributed by atoms with Crippen molar-refractivity contribution in [3.8, 4) is 5.88 Å². The average molecular weight is 565 g/mol. The van der Waals surface area contributed by atoms with Gasteiger partial charge in [0.2, 0.25) is 17.7 Å². The lowest BCUT2D eigenvalue weighted by Gasteiger charge is -2.25. The van der Waals surface area contributed by atoms with E-state index in [1.165, 1.54) is 22.1 Å². The number of nitrogens with one attached hydrogen (secondary N) is 3. The molecule has 0 bridgehead atoms. The summed E-state index contributed by atoms with van der Waals surface area (Å²) < 4.78 is 46.3. The number of fused-ring (bicyclic) bond motifs is 1. The molecule has 39 heavy (non-hydrogen) atoms. The fourth-order valence-corrected chi connectivity index (χ4v) is 6.08. The van der Waals surface area contributed by atoms with Crippen LogP contribution in [0.15, 0.2) is 12.4 Å². The molecule has 0 saturated heterocycles. The molecule has 2 fully saturated rings. The van der Waals surface area contributed by atoms with Gasteiger partial charge in [0.05, 0.1) is 11.5 Å². The van der Waals surface area contributed by atoms with E-state index in [0.29, 0.717) is 47.6 Å². The third-order valence-electron chi connectivity index (χ3n) is 7.27. The molecule has 2 saturated carbocycles. The summed E-state index contributed by atoms with van der Waals surface area (Å²) in [5, 5.41) is 21.4. The Morgan fingerprint density at radius 3 is 2.79 bits per heavy atom. The van der Waals surface area contributed by atoms with Crippen molar-refractivity contribution >= 4 is 39.9 Å². The normalized spacial score (nSPS) is 21.9. The molecule has 15 heteroatoms. The van der Waals surface area contributed by atoms with E-state index in [2.05, 4.69) is 36.0 Å². The smallest absolute Gasteiger partial charge is 0.388 e. The standard InChI is InChI=1S/C24H27F3N8O3S/c1-34-17(8-18(33-34)38-23(26)27)30-24-32-29-10-35(24)12-4-5-16-14(6-12)19(21(37)28-9-11-2-3-11)22(39-16)31-20(36)13-7-15(13)25/h8,10-13,15,23H,2-7,9H2,1H3,(H,28,37)(H,30,32)(H,31,36)/t12-,13?,15?/m0/s1. The second-order valence-electron chi connectivity index (χ2n) is 10.2. The van der Waals surface area contributed by atoms with Crippen LogP contribution in [0.2, 0.25) is 0 Å². The molecule has 3 aliphatic carbocycles. The van der Waals surface area contributed by atoms with E-state index in [1.54, 1.807) is 13.4 Å². The topological polar surface area (TPSA) is 128 Å². The SMILES string of the molecule is Cn1nc(OC(F)F)cc1Nc1nncn1[C@H]1CCc2sc(NC(=O)C3CC3F)c(C(=O)NCC3CC3)c2C1. The van der Waals surface area contributed by atoms with Crippen molar-refractivity contribution in [2.45, 2.75) is 57.3 Å². The van der Waals surface area contributed by atoms with Crippen LogP contribution >= 0.6 is 11.3 Å². The van der Waals surface area contributed by atoms with Crippen molar-refractivity contribution < 1.29 is 27.5 Å². The van der Waals surface area contributed by atoms with Gasteiger partial charge >= 0.3 is 6.61 Å². The first-order valence-electron chi connectivity index (χ1n) is 12.8. The third-order valence-corrected chi connectivity index (χ3v) is 8.48. The lowest BCUT2D eigenvalue weighted by Crippen LogP contribution is -2.29. The van der Waals surface area contributed by atoms with Gasteiger partial charge in [-0.15, -0.1) is 26.6 Å². The number of amides is 2. The molecule has 0 radical (unpaired) electrons. The van der Waals surface area contributed by atoms with Crippen molar-refractivity contribution in [2.24, 2.45) is 18.9 Å². The predicted octanol–water partition coefficient (Wildman–Crippen LogP) is 3.58. The fraction of sp³-hybridized carbons (Fsp3) is 0.542. The summed E-state index contributed by atoms with van der Waals surface area (Å²) in [6.45, 7) is -2.41. The van der Waals surface area contributed by atoms with Gasteiger partial charge in [-0.1, -0.05) is 0 Å². The number of carbonyl (C=O) groups is 2. The van der Waals surface area contributed by atoms with Crippen molar-refractivity contribution in [3.63, 3.8) is 0 Å². The summed E-state index contributed by atoms with van der Waals surface area (Å²) >= 11 is 1.37. The van der Waals surface area contributed by atoms with Crippen LogP contribution in [0.5, 0.6) is 5.88 Å². The van der Waals surface area contributed by atoms with Crippen LogP contribution in [-0.4, -0.2) is 55.7 Å². The maximum absolute atomic E-state index is 13.5. The van der Waals surface area contributed by atoms with E-state index in [0.717, 1.165) is 29.7 Å². The first kappa shape index (κ1) is 25.6. The number of aryl methyl sites for hydroxylation is 2. The number of ether oxygens (including phenoxy) is 1. The van der Waals surface area contributed by atoms with Crippen LogP contribution in [-0.2, 0) is 24.7 Å². The molecule has 3 aromatic heterocycles. The Balaban J connectivity index is 1.24. The molecule has 2 amide bonds. The minimum Gasteiger partial charge on any atom is -0.415 e. The van der Waals surface area contributed by atoms with Gasteiger partial charge in [-0.05, 0) is 50.0 Å². The van der Waals surface area contributed by atoms with Crippen molar-refractivity contribution in [1.82, 2.24) is 29.9 Å². The molecule has 3 aliphatic rings. The second-order valence-corrected chi connectivity index (χ2v) is 11.3. The molecule has 3 N–H and O–H groups in total. The number of aromatic nitrogens is 5. The molecule has 3 heterocycles. The van der Waals surface area contributed by atoms with Gasteiger partial charge in [0.15, 0.2) is 0 Å². The zero-order valence-electron chi connectivity index (χ0n) is 21.0. The minimum absolute atomic E-state index is 0.119. The Hall–Kier alpha value is -3.62. The monoisotopic (exact) mass is 564 g/mol. The van der Waals surface area contributed by atoms with Crippen molar-refractivity contribution in [2.75, 3.05) is 17.2 Å². The van der Waals surface area contributed by atoms with E-state index >= 15 is 0 Å². The maximum atomic E-state index is 13.5. The number of rotatable bonds is 10. The highest BCUT2D eigenvalue weighted by molar-refractivity contribution is 7.17. The number of thiophene rings is 1. The first-order valence-corrected chi connectivity index (χ1v) is 13.6. The molecule has 208 valence electrons. The largest absolute Gasteiger partial charge is 0.415 e. The maximum Gasteiger partial charge on any atom is 0.388 e. The fourth-order valence-electron chi connectivity index (χ4n) is 4.84. The Labute approximate surface area is 225 Å². The Bertz CT molecular complexity index is 1400. The van der Waals surface area contributed by atoms with Crippen molar-refractivity contribution in [3.05, 3.63) is 28.4 Å². The summed E-state index contributed by atoms with van der Waals surface area (Å²) in [7, 11) is 1.58. The van der Waals surface area contributed by atoms with Crippen LogP contribution in [0.1, 0.15) is 52.5 Å².